The Morgan fingerprint density at radius 2 is 1.94 bits per heavy atom. The van der Waals surface area contributed by atoms with Crippen molar-refractivity contribution in [3.8, 4) is 0 Å². The molecule has 0 bridgehead atoms. The van der Waals surface area contributed by atoms with Crippen molar-refractivity contribution in [3.63, 3.8) is 0 Å². The van der Waals surface area contributed by atoms with Crippen LogP contribution in [0, 0.1) is 0 Å². The third-order valence-electron chi connectivity index (χ3n) is 2.51. The molecule has 1 saturated carbocycles. The third kappa shape index (κ3) is 4.04. The van der Waals surface area contributed by atoms with Crippen LogP contribution in [-0.2, 0) is 19.1 Å². The summed E-state index contributed by atoms with van der Waals surface area (Å²) >= 11 is 0. The molecule has 1 fully saturated rings. The summed E-state index contributed by atoms with van der Waals surface area (Å²) in [5, 5.41) is 0. The molecule has 0 aromatic rings. The van der Waals surface area contributed by atoms with E-state index < -0.39 is 18.0 Å². The Kier molecular flexibility index (Phi) is 5.02. The van der Waals surface area contributed by atoms with Gasteiger partial charge in [0.15, 0.2) is 6.10 Å². The molecule has 16 heavy (non-hydrogen) atoms. The van der Waals surface area contributed by atoms with Gasteiger partial charge in [-0.15, -0.1) is 0 Å². The Hall–Kier alpha value is -1.32. The fourth-order valence-electron chi connectivity index (χ4n) is 1.66. The van der Waals surface area contributed by atoms with Crippen molar-refractivity contribution in [1.82, 2.24) is 0 Å². The van der Waals surface area contributed by atoms with E-state index in [0.717, 1.165) is 25.7 Å². The number of ether oxygens (including phenoxy) is 2. The maximum atomic E-state index is 11.5. The standard InChI is InChI=1S/C12H18O4/c1-3-6-11(13)15-9(2)12(14)16-10-7-4-5-8-10/h3,6,9-10H,4-5,7-8H2,1-2H3/b6-3+. The zero-order valence-electron chi connectivity index (χ0n) is 9.77. The van der Waals surface area contributed by atoms with Crippen molar-refractivity contribution in [1.29, 1.82) is 0 Å². The van der Waals surface area contributed by atoms with Crippen molar-refractivity contribution in [2.45, 2.75) is 51.7 Å². The molecule has 1 aliphatic rings. The number of hydrogen-bond acceptors (Lipinski definition) is 4. The van der Waals surface area contributed by atoms with Gasteiger partial charge in [0, 0.05) is 6.08 Å². The highest BCUT2D eigenvalue weighted by Crippen LogP contribution is 2.21. The predicted molar refractivity (Wildman–Crippen MR) is 58.7 cm³/mol. The van der Waals surface area contributed by atoms with Gasteiger partial charge in [0.1, 0.15) is 6.10 Å². The maximum absolute atomic E-state index is 11.5. The molecule has 90 valence electrons. The van der Waals surface area contributed by atoms with Gasteiger partial charge in [-0.25, -0.2) is 9.59 Å². The van der Waals surface area contributed by atoms with E-state index in [1.807, 2.05) is 0 Å². The summed E-state index contributed by atoms with van der Waals surface area (Å²) in [6, 6.07) is 0. The normalized spacial score (nSPS) is 18.6. The van der Waals surface area contributed by atoms with Crippen molar-refractivity contribution in [3.05, 3.63) is 12.2 Å². The minimum Gasteiger partial charge on any atom is -0.460 e. The molecule has 0 heterocycles. The minimum absolute atomic E-state index is 0.00960. The molecule has 0 aromatic carbocycles. The summed E-state index contributed by atoms with van der Waals surface area (Å²) < 4.78 is 10.1. The molecule has 0 radical (unpaired) electrons. The van der Waals surface area contributed by atoms with Crippen LogP contribution in [0.3, 0.4) is 0 Å². The van der Waals surface area contributed by atoms with E-state index in [1.54, 1.807) is 13.0 Å². The van der Waals surface area contributed by atoms with Crippen LogP contribution < -0.4 is 0 Å². The quantitative estimate of drug-likeness (QED) is 0.543. The summed E-state index contributed by atoms with van der Waals surface area (Å²) in [5.74, 6) is -0.969. The second-order valence-electron chi connectivity index (χ2n) is 3.92. The molecular weight excluding hydrogens is 208 g/mol. The first kappa shape index (κ1) is 12.7. The van der Waals surface area contributed by atoms with E-state index >= 15 is 0 Å². The molecule has 0 N–H and O–H groups in total. The second kappa shape index (κ2) is 6.30. The van der Waals surface area contributed by atoms with Crippen molar-refractivity contribution in [2.75, 3.05) is 0 Å². The number of carbonyl (C=O) groups excluding carboxylic acids is 2. The number of carbonyl (C=O) groups is 2. The first-order valence-electron chi connectivity index (χ1n) is 5.67. The highest BCUT2D eigenvalue weighted by atomic mass is 16.6. The van der Waals surface area contributed by atoms with Crippen LogP contribution in [0.15, 0.2) is 12.2 Å². The Morgan fingerprint density at radius 1 is 1.31 bits per heavy atom. The van der Waals surface area contributed by atoms with Crippen LogP contribution in [0.25, 0.3) is 0 Å². The van der Waals surface area contributed by atoms with Gasteiger partial charge in [-0.1, -0.05) is 6.08 Å². The molecule has 0 aliphatic heterocycles. The lowest BCUT2D eigenvalue weighted by Crippen LogP contribution is -2.28. The molecule has 0 amide bonds. The molecule has 1 aliphatic carbocycles. The molecule has 1 unspecified atom stereocenters. The Morgan fingerprint density at radius 3 is 2.50 bits per heavy atom. The van der Waals surface area contributed by atoms with Crippen molar-refractivity contribution in [2.24, 2.45) is 0 Å². The van der Waals surface area contributed by atoms with Crippen LogP contribution in [0.2, 0.25) is 0 Å². The average Bonchev–Trinajstić information content (AvgIpc) is 2.70. The molecule has 0 spiro atoms. The highest BCUT2D eigenvalue weighted by molar-refractivity contribution is 5.85. The Balaban J connectivity index is 2.32. The van der Waals surface area contributed by atoms with E-state index in [2.05, 4.69) is 0 Å². The van der Waals surface area contributed by atoms with E-state index in [4.69, 9.17) is 9.47 Å². The molecule has 4 heteroatoms. The highest BCUT2D eigenvalue weighted by Gasteiger charge is 2.24. The van der Waals surface area contributed by atoms with Gasteiger partial charge in [0.05, 0.1) is 0 Å². The van der Waals surface area contributed by atoms with E-state index in [0.29, 0.717) is 0 Å². The van der Waals surface area contributed by atoms with Crippen LogP contribution in [0.4, 0.5) is 0 Å². The zero-order valence-corrected chi connectivity index (χ0v) is 9.77. The third-order valence-corrected chi connectivity index (χ3v) is 2.51. The number of hydrogen-bond donors (Lipinski definition) is 0. The van der Waals surface area contributed by atoms with Gasteiger partial charge in [-0.05, 0) is 39.5 Å². The summed E-state index contributed by atoms with van der Waals surface area (Å²) in [6.07, 6.45) is 6.06. The lowest BCUT2D eigenvalue weighted by molar-refractivity contribution is -0.167. The van der Waals surface area contributed by atoms with Crippen LogP contribution in [-0.4, -0.2) is 24.1 Å². The van der Waals surface area contributed by atoms with Gasteiger partial charge in [0.25, 0.3) is 0 Å². The SMILES string of the molecule is C/C=C/C(=O)OC(C)C(=O)OC1CCCC1. The van der Waals surface area contributed by atoms with Crippen LogP contribution >= 0.6 is 0 Å². The fourth-order valence-corrected chi connectivity index (χ4v) is 1.66. The van der Waals surface area contributed by atoms with E-state index in [-0.39, 0.29) is 6.10 Å². The monoisotopic (exact) mass is 226 g/mol. The summed E-state index contributed by atoms with van der Waals surface area (Å²) in [6.45, 7) is 3.24. The van der Waals surface area contributed by atoms with E-state index in [9.17, 15) is 9.59 Å². The second-order valence-corrected chi connectivity index (χ2v) is 3.92. The van der Waals surface area contributed by atoms with Gasteiger partial charge < -0.3 is 9.47 Å². The lowest BCUT2D eigenvalue weighted by Gasteiger charge is -2.15. The lowest BCUT2D eigenvalue weighted by atomic mass is 10.3. The summed E-state index contributed by atoms with van der Waals surface area (Å²) in [7, 11) is 0. The molecule has 4 nitrogen and oxygen atoms in total. The average molecular weight is 226 g/mol. The van der Waals surface area contributed by atoms with Crippen molar-refractivity contribution >= 4 is 11.9 Å². The van der Waals surface area contributed by atoms with Crippen LogP contribution in [0.5, 0.6) is 0 Å². The van der Waals surface area contributed by atoms with Crippen molar-refractivity contribution < 1.29 is 19.1 Å². The van der Waals surface area contributed by atoms with Crippen LogP contribution in [0.1, 0.15) is 39.5 Å². The number of allylic oxidation sites excluding steroid dienone is 1. The minimum atomic E-state index is -0.829. The van der Waals surface area contributed by atoms with Gasteiger partial charge >= 0.3 is 11.9 Å². The zero-order chi connectivity index (χ0) is 12.0. The van der Waals surface area contributed by atoms with E-state index in [1.165, 1.54) is 13.0 Å². The predicted octanol–water partition coefficient (Wildman–Crippen LogP) is 1.98. The summed E-state index contributed by atoms with van der Waals surface area (Å²) in [4.78, 5) is 22.6. The smallest absolute Gasteiger partial charge is 0.347 e. The number of esters is 2. The Bertz CT molecular complexity index is 277. The molecule has 1 atom stereocenters. The molecule has 0 aromatic heterocycles. The first-order chi connectivity index (χ1) is 7.63. The van der Waals surface area contributed by atoms with Gasteiger partial charge in [-0.2, -0.15) is 0 Å². The van der Waals surface area contributed by atoms with Gasteiger partial charge in [-0.3, -0.25) is 0 Å². The first-order valence-corrected chi connectivity index (χ1v) is 5.67. The molecular formula is C12H18O4. The molecule has 0 saturated heterocycles. The Labute approximate surface area is 95.6 Å². The fraction of sp³-hybridized carbons (Fsp3) is 0.667. The van der Waals surface area contributed by atoms with Gasteiger partial charge in [0.2, 0.25) is 0 Å². The largest absolute Gasteiger partial charge is 0.460 e. The topological polar surface area (TPSA) is 52.6 Å². The maximum Gasteiger partial charge on any atom is 0.347 e. The summed E-state index contributed by atoms with van der Waals surface area (Å²) in [5.41, 5.74) is 0. The molecule has 1 rings (SSSR count). The number of rotatable bonds is 4.